The molecule has 1 heterocycles. The molecular formula is C5H6N4O3. The zero-order valence-corrected chi connectivity index (χ0v) is 6.01. The van der Waals surface area contributed by atoms with Gasteiger partial charge in [0.15, 0.2) is 5.03 Å². The lowest BCUT2D eigenvalue weighted by atomic mass is 10.6. The van der Waals surface area contributed by atoms with Crippen molar-refractivity contribution in [1.29, 1.82) is 0 Å². The van der Waals surface area contributed by atoms with E-state index >= 15 is 0 Å². The van der Waals surface area contributed by atoms with E-state index < -0.39 is 10.9 Å². The van der Waals surface area contributed by atoms with E-state index in [1.165, 1.54) is 22.5 Å². The van der Waals surface area contributed by atoms with Gasteiger partial charge in [-0.1, -0.05) is 5.43 Å². The SMILES string of the molecule is O=C(Cn1ccnc1)N[N+](=O)[O-]. The first kappa shape index (κ1) is 8.18. The van der Waals surface area contributed by atoms with Gasteiger partial charge < -0.3 is 4.57 Å². The number of imidazole rings is 1. The number of rotatable bonds is 3. The average molecular weight is 170 g/mol. The van der Waals surface area contributed by atoms with E-state index in [0.717, 1.165) is 0 Å². The van der Waals surface area contributed by atoms with Crippen molar-refractivity contribution >= 4 is 5.91 Å². The molecule has 0 aromatic carbocycles. The molecule has 0 aliphatic carbocycles. The van der Waals surface area contributed by atoms with Gasteiger partial charge in [0.05, 0.1) is 6.33 Å². The molecule has 0 aliphatic heterocycles. The molecule has 0 fully saturated rings. The van der Waals surface area contributed by atoms with Gasteiger partial charge in [-0.3, -0.25) is 4.79 Å². The van der Waals surface area contributed by atoms with Crippen molar-refractivity contribution < 1.29 is 9.83 Å². The van der Waals surface area contributed by atoms with Crippen molar-refractivity contribution in [3.8, 4) is 0 Å². The second-order valence-corrected chi connectivity index (χ2v) is 2.03. The molecule has 0 radical (unpaired) electrons. The standard InChI is InChI=1S/C5H6N4O3/c10-5(7-9(11)12)3-8-2-1-6-4-8/h1-2,4H,3H2,(H,7,10). The van der Waals surface area contributed by atoms with Crippen molar-refractivity contribution in [3.63, 3.8) is 0 Å². The van der Waals surface area contributed by atoms with Crippen molar-refractivity contribution in [1.82, 2.24) is 15.0 Å². The van der Waals surface area contributed by atoms with Crippen LogP contribution in [0.15, 0.2) is 18.7 Å². The molecule has 0 aliphatic rings. The average Bonchev–Trinajstić information content (AvgIpc) is 2.37. The number of nitro groups is 1. The Morgan fingerprint density at radius 1 is 1.75 bits per heavy atom. The molecule has 12 heavy (non-hydrogen) atoms. The molecule has 1 N–H and O–H groups in total. The smallest absolute Gasteiger partial charge is 0.299 e. The van der Waals surface area contributed by atoms with E-state index in [-0.39, 0.29) is 6.54 Å². The third kappa shape index (κ3) is 2.37. The van der Waals surface area contributed by atoms with E-state index in [4.69, 9.17) is 0 Å². The first-order valence-corrected chi connectivity index (χ1v) is 3.08. The normalized spacial score (nSPS) is 9.33. The van der Waals surface area contributed by atoms with Crippen molar-refractivity contribution in [2.24, 2.45) is 0 Å². The molecule has 1 amide bonds. The van der Waals surface area contributed by atoms with Crippen LogP contribution in [0.4, 0.5) is 0 Å². The van der Waals surface area contributed by atoms with Gasteiger partial charge in [-0.15, -0.1) is 0 Å². The fraction of sp³-hybridized carbons (Fsp3) is 0.200. The minimum Gasteiger partial charge on any atom is -0.328 e. The number of hydrogen-bond acceptors (Lipinski definition) is 4. The third-order valence-electron chi connectivity index (χ3n) is 1.10. The molecule has 0 bridgehead atoms. The molecule has 0 atom stereocenters. The molecular weight excluding hydrogens is 164 g/mol. The monoisotopic (exact) mass is 170 g/mol. The van der Waals surface area contributed by atoms with Crippen LogP contribution >= 0.6 is 0 Å². The summed E-state index contributed by atoms with van der Waals surface area (Å²) in [6, 6.07) is 0. The van der Waals surface area contributed by atoms with Crippen LogP contribution in [0.5, 0.6) is 0 Å². The van der Waals surface area contributed by atoms with Gasteiger partial charge in [0.1, 0.15) is 6.54 Å². The van der Waals surface area contributed by atoms with Crippen LogP contribution < -0.4 is 5.43 Å². The van der Waals surface area contributed by atoms with Crippen molar-refractivity contribution in [2.75, 3.05) is 0 Å². The fourth-order valence-electron chi connectivity index (χ4n) is 0.683. The summed E-state index contributed by atoms with van der Waals surface area (Å²) in [5.74, 6) is -0.682. The highest BCUT2D eigenvalue weighted by atomic mass is 16.7. The fourth-order valence-corrected chi connectivity index (χ4v) is 0.683. The van der Waals surface area contributed by atoms with Gasteiger partial charge in [-0.2, -0.15) is 0 Å². The number of hydrazine groups is 1. The zero-order valence-electron chi connectivity index (χ0n) is 6.01. The largest absolute Gasteiger partial charge is 0.328 e. The molecule has 0 spiro atoms. The summed E-state index contributed by atoms with van der Waals surface area (Å²) in [6.07, 6.45) is 4.43. The Kier molecular flexibility index (Phi) is 2.36. The molecule has 1 aromatic heterocycles. The first-order valence-electron chi connectivity index (χ1n) is 3.08. The van der Waals surface area contributed by atoms with Crippen molar-refractivity contribution in [2.45, 2.75) is 6.54 Å². The van der Waals surface area contributed by atoms with Crippen LogP contribution in [0.25, 0.3) is 0 Å². The van der Waals surface area contributed by atoms with Gasteiger partial charge in [0.2, 0.25) is 0 Å². The maximum Gasteiger partial charge on any atom is 0.299 e. The molecule has 64 valence electrons. The van der Waals surface area contributed by atoms with Crippen LogP contribution in [0.1, 0.15) is 0 Å². The summed E-state index contributed by atoms with van der Waals surface area (Å²) >= 11 is 0. The summed E-state index contributed by atoms with van der Waals surface area (Å²) in [5.41, 5.74) is 1.52. The Balaban J connectivity index is 2.42. The van der Waals surface area contributed by atoms with Gasteiger partial charge >= 0.3 is 0 Å². The maximum absolute atomic E-state index is 10.7. The van der Waals surface area contributed by atoms with E-state index in [9.17, 15) is 14.9 Å². The van der Waals surface area contributed by atoms with Crippen LogP contribution in [-0.2, 0) is 11.3 Å². The lowest BCUT2D eigenvalue weighted by Gasteiger charge is -1.96. The molecule has 0 saturated carbocycles. The van der Waals surface area contributed by atoms with Crippen molar-refractivity contribution in [3.05, 3.63) is 28.8 Å². The summed E-state index contributed by atoms with van der Waals surface area (Å²) < 4.78 is 1.43. The number of carbonyl (C=O) groups excluding carboxylic acids is 1. The third-order valence-corrected chi connectivity index (χ3v) is 1.10. The van der Waals surface area contributed by atoms with Gasteiger partial charge in [-0.25, -0.2) is 15.1 Å². The Bertz CT molecular complexity index is 281. The summed E-state index contributed by atoms with van der Waals surface area (Å²) in [7, 11) is 0. The van der Waals surface area contributed by atoms with E-state index in [2.05, 4.69) is 4.98 Å². The molecule has 7 heteroatoms. The van der Waals surface area contributed by atoms with Crippen LogP contribution in [0, 0.1) is 10.1 Å². The number of carbonyl (C=O) groups is 1. The minimum absolute atomic E-state index is 0.0963. The quantitative estimate of drug-likeness (QED) is 0.474. The maximum atomic E-state index is 10.7. The van der Waals surface area contributed by atoms with E-state index in [1.54, 1.807) is 6.20 Å². The van der Waals surface area contributed by atoms with Crippen LogP contribution in [0.3, 0.4) is 0 Å². The number of aromatic nitrogens is 2. The molecule has 0 unspecified atom stereocenters. The second-order valence-electron chi connectivity index (χ2n) is 2.03. The second kappa shape index (κ2) is 3.46. The number of nitrogens with one attached hydrogen (secondary N) is 1. The minimum atomic E-state index is -0.890. The van der Waals surface area contributed by atoms with E-state index in [1.807, 2.05) is 0 Å². The lowest BCUT2D eigenvalue weighted by molar-refractivity contribution is -0.530. The van der Waals surface area contributed by atoms with Crippen LogP contribution in [0.2, 0.25) is 0 Å². The van der Waals surface area contributed by atoms with Gasteiger partial charge in [-0.05, 0) is 0 Å². The van der Waals surface area contributed by atoms with E-state index in [0.29, 0.717) is 0 Å². The highest BCUT2D eigenvalue weighted by Gasteiger charge is 2.06. The number of hydrogen-bond donors (Lipinski definition) is 1. The Morgan fingerprint density at radius 3 is 3.00 bits per heavy atom. The topological polar surface area (TPSA) is 90.1 Å². The molecule has 1 rings (SSSR count). The molecule has 0 saturated heterocycles. The predicted octanol–water partition coefficient (Wildman–Crippen LogP) is -0.809. The number of nitrogens with zero attached hydrogens (tertiary/aromatic N) is 3. The lowest BCUT2D eigenvalue weighted by Crippen LogP contribution is -2.32. The zero-order chi connectivity index (χ0) is 8.97. The van der Waals surface area contributed by atoms with Gasteiger partial charge in [0, 0.05) is 12.4 Å². The Hall–Kier alpha value is -1.92. The Morgan fingerprint density at radius 2 is 2.50 bits per heavy atom. The molecule has 7 nitrogen and oxygen atoms in total. The highest BCUT2D eigenvalue weighted by molar-refractivity contribution is 5.74. The highest BCUT2D eigenvalue weighted by Crippen LogP contribution is 1.84. The van der Waals surface area contributed by atoms with Gasteiger partial charge in [0.25, 0.3) is 5.91 Å². The summed E-state index contributed by atoms with van der Waals surface area (Å²) in [6.45, 7) is -0.0963. The van der Waals surface area contributed by atoms with Crippen LogP contribution in [-0.4, -0.2) is 20.5 Å². The Labute approximate surface area is 67.1 Å². The first-order chi connectivity index (χ1) is 5.68. The number of amides is 1. The summed E-state index contributed by atoms with van der Waals surface area (Å²) in [4.78, 5) is 24.2. The molecule has 1 aromatic rings. The summed E-state index contributed by atoms with van der Waals surface area (Å²) in [5, 5.41) is 8.90. The predicted molar refractivity (Wildman–Crippen MR) is 37.4 cm³/mol.